The number of nitrogens with zero attached hydrogens (tertiary/aromatic N) is 2. The molecule has 0 aromatic heterocycles. The highest BCUT2D eigenvalue weighted by Crippen LogP contribution is 2.34. The van der Waals surface area contributed by atoms with Crippen molar-refractivity contribution in [3.05, 3.63) is 48.0 Å². The molecule has 31 heavy (non-hydrogen) atoms. The number of amides is 2. The van der Waals surface area contributed by atoms with E-state index in [1.165, 1.54) is 20.0 Å². The van der Waals surface area contributed by atoms with Crippen LogP contribution >= 0.6 is 0 Å². The lowest BCUT2D eigenvalue weighted by Gasteiger charge is -2.21. The zero-order chi connectivity index (χ0) is 22.8. The van der Waals surface area contributed by atoms with Crippen LogP contribution in [0.5, 0.6) is 5.75 Å². The first-order chi connectivity index (χ1) is 14.6. The maximum Gasteiger partial charge on any atom is 0.243 e. The van der Waals surface area contributed by atoms with E-state index in [9.17, 15) is 18.0 Å². The van der Waals surface area contributed by atoms with Crippen LogP contribution in [-0.4, -0.2) is 50.8 Å². The van der Waals surface area contributed by atoms with Crippen LogP contribution in [0.2, 0.25) is 0 Å². The zero-order valence-corrected chi connectivity index (χ0v) is 18.9. The fraction of sp³-hybridized carbons (Fsp3) is 0.364. The van der Waals surface area contributed by atoms with Gasteiger partial charge in [-0.3, -0.25) is 9.59 Å². The van der Waals surface area contributed by atoms with Crippen LogP contribution in [0.4, 0.5) is 11.4 Å². The van der Waals surface area contributed by atoms with Gasteiger partial charge in [0.25, 0.3) is 0 Å². The summed E-state index contributed by atoms with van der Waals surface area (Å²) >= 11 is 0. The Morgan fingerprint density at radius 2 is 1.87 bits per heavy atom. The predicted molar refractivity (Wildman–Crippen MR) is 119 cm³/mol. The minimum Gasteiger partial charge on any atom is -0.494 e. The molecule has 2 amide bonds. The molecular formula is C22H27N3O5S. The standard InChI is InChI=1S/C22H27N3O5S/c1-5-30-19-8-6-18(7-9-19)23-22(27)14-24(4)31(28,29)20-10-11-21-17(13-20)12-15(2)25(21)16(3)26/h6-11,13,15H,5,12,14H2,1-4H3,(H,23,27)/t15-/m1/s1. The number of anilines is 2. The van der Waals surface area contributed by atoms with Crippen molar-refractivity contribution < 1.29 is 22.7 Å². The van der Waals surface area contributed by atoms with E-state index in [-0.39, 0.29) is 23.4 Å². The number of ether oxygens (including phenoxy) is 1. The second-order valence-corrected chi connectivity index (χ2v) is 9.54. The van der Waals surface area contributed by atoms with Crippen LogP contribution in [0.25, 0.3) is 0 Å². The van der Waals surface area contributed by atoms with Crippen molar-refractivity contribution in [2.75, 3.05) is 30.4 Å². The summed E-state index contributed by atoms with van der Waals surface area (Å²) < 4.78 is 32.3. The van der Waals surface area contributed by atoms with E-state index in [0.717, 1.165) is 15.6 Å². The number of likely N-dealkylation sites (N-methyl/N-ethyl adjacent to an activating group) is 1. The Balaban J connectivity index is 1.70. The number of carbonyl (C=O) groups excluding carboxylic acids is 2. The molecule has 9 heteroatoms. The molecule has 1 heterocycles. The summed E-state index contributed by atoms with van der Waals surface area (Å²) in [5, 5.41) is 2.69. The van der Waals surface area contributed by atoms with E-state index >= 15 is 0 Å². The Labute approximate surface area is 182 Å². The van der Waals surface area contributed by atoms with E-state index in [2.05, 4.69) is 5.32 Å². The fourth-order valence-corrected chi connectivity index (χ4v) is 4.89. The van der Waals surface area contributed by atoms with Gasteiger partial charge in [-0.05, 0) is 68.3 Å². The second kappa shape index (κ2) is 9.07. The molecule has 2 aromatic carbocycles. The number of fused-ring (bicyclic) bond motifs is 1. The van der Waals surface area contributed by atoms with E-state index in [1.54, 1.807) is 41.3 Å². The molecule has 0 unspecified atom stereocenters. The van der Waals surface area contributed by atoms with Crippen LogP contribution in [-0.2, 0) is 26.0 Å². The van der Waals surface area contributed by atoms with Gasteiger partial charge in [-0.2, -0.15) is 4.31 Å². The van der Waals surface area contributed by atoms with Crippen molar-refractivity contribution in [1.82, 2.24) is 4.31 Å². The van der Waals surface area contributed by atoms with Gasteiger partial charge in [-0.15, -0.1) is 0 Å². The SMILES string of the molecule is CCOc1ccc(NC(=O)CN(C)S(=O)(=O)c2ccc3c(c2)C[C@@H](C)N3C(C)=O)cc1. The van der Waals surface area contributed by atoms with Gasteiger partial charge >= 0.3 is 0 Å². The third-order valence-corrected chi connectivity index (χ3v) is 6.93. The topological polar surface area (TPSA) is 96.0 Å². The molecule has 0 saturated heterocycles. The molecule has 1 atom stereocenters. The van der Waals surface area contributed by atoms with Gasteiger partial charge < -0.3 is 15.0 Å². The average Bonchev–Trinajstić information content (AvgIpc) is 3.04. The molecule has 1 N–H and O–H groups in total. The van der Waals surface area contributed by atoms with Gasteiger partial charge in [0.1, 0.15) is 5.75 Å². The van der Waals surface area contributed by atoms with E-state index < -0.39 is 15.9 Å². The molecule has 8 nitrogen and oxygen atoms in total. The Bertz CT molecular complexity index is 1080. The number of hydrogen-bond donors (Lipinski definition) is 1. The minimum absolute atomic E-state index is 0.0249. The van der Waals surface area contributed by atoms with Crippen LogP contribution in [0.1, 0.15) is 26.3 Å². The smallest absolute Gasteiger partial charge is 0.243 e. The van der Waals surface area contributed by atoms with E-state index in [0.29, 0.717) is 24.5 Å². The molecule has 0 spiro atoms. The zero-order valence-electron chi connectivity index (χ0n) is 18.1. The summed E-state index contributed by atoms with van der Waals surface area (Å²) in [6, 6.07) is 11.5. The Morgan fingerprint density at radius 1 is 1.19 bits per heavy atom. The first-order valence-corrected chi connectivity index (χ1v) is 11.5. The molecule has 0 bridgehead atoms. The van der Waals surface area contributed by atoms with Gasteiger partial charge in [0.15, 0.2) is 0 Å². The molecule has 0 radical (unpaired) electrons. The highest BCUT2D eigenvalue weighted by atomic mass is 32.2. The van der Waals surface area contributed by atoms with E-state index in [4.69, 9.17) is 4.74 Å². The van der Waals surface area contributed by atoms with Gasteiger partial charge in [0, 0.05) is 31.4 Å². The molecule has 0 aliphatic carbocycles. The van der Waals surface area contributed by atoms with Crippen molar-refractivity contribution >= 4 is 33.2 Å². The monoisotopic (exact) mass is 445 g/mol. The minimum atomic E-state index is -3.87. The first-order valence-electron chi connectivity index (χ1n) is 10.0. The van der Waals surface area contributed by atoms with Crippen LogP contribution in [0, 0.1) is 0 Å². The van der Waals surface area contributed by atoms with Gasteiger partial charge in [0.05, 0.1) is 18.0 Å². The third-order valence-electron chi connectivity index (χ3n) is 5.13. The summed E-state index contributed by atoms with van der Waals surface area (Å²) in [6.45, 7) is 5.51. The number of benzene rings is 2. The lowest BCUT2D eigenvalue weighted by molar-refractivity contribution is -0.117. The quantitative estimate of drug-likeness (QED) is 0.707. The lowest BCUT2D eigenvalue weighted by atomic mass is 10.1. The van der Waals surface area contributed by atoms with Gasteiger partial charge in [-0.25, -0.2) is 8.42 Å². The number of sulfonamides is 1. The van der Waals surface area contributed by atoms with Gasteiger partial charge in [-0.1, -0.05) is 0 Å². The summed E-state index contributed by atoms with van der Waals surface area (Å²) in [5.41, 5.74) is 2.08. The molecule has 2 aromatic rings. The number of hydrogen-bond acceptors (Lipinski definition) is 5. The molecular weight excluding hydrogens is 418 g/mol. The molecule has 1 aliphatic heterocycles. The number of carbonyl (C=O) groups is 2. The Kier molecular flexibility index (Phi) is 6.66. The largest absolute Gasteiger partial charge is 0.494 e. The molecule has 3 rings (SSSR count). The van der Waals surface area contributed by atoms with Crippen molar-refractivity contribution in [3.63, 3.8) is 0 Å². The molecule has 0 fully saturated rings. The normalized spacial score (nSPS) is 15.6. The van der Waals surface area contributed by atoms with Crippen molar-refractivity contribution in [1.29, 1.82) is 0 Å². The lowest BCUT2D eigenvalue weighted by Crippen LogP contribution is -2.35. The maximum absolute atomic E-state index is 13.0. The summed E-state index contributed by atoms with van der Waals surface area (Å²) in [5.74, 6) is 0.159. The Hall–Kier alpha value is -2.91. The fourth-order valence-electron chi connectivity index (χ4n) is 3.72. The summed E-state index contributed by atoms with van der Waals surface area (Å²) in [7, 11) is -2.50. The van der Waals surface area contributed by atoms with Crippen molar-refractivity contribution in [3.8, 4) is 5.75 Å². The van der Waals surface area contributed by atoms with Crippen molar-refractivity contribution in [2.45, 2.75) is 38.1 Å². The molecule has 166 valence electrons. The Morgan fingerprint density at radius 3 is 2.48 bits per heavy atom. The molecule has 1 aliphatic rings. The van der Waals surface area contributed by atoms with Crippen LogP contribution in [0.15, 0.2) is 47.4 Å². The maximum atomic E-state index is 13.0. The van der Waals surface area contributed by atoms with E-state index in [1.807, 2.05) is 13.8 Å². The van der Waals surface area contributed by atoms with Crippen molar-refractivity contribution in [2.24, 2.45) is 0 Å². The molecule has 0 saturated carbocycles. The highest BCUT2D eigenvalue weighted by molar-refractivity contribution is 7.89. The third kappa shape index (κ3) is 4.88. The second-order valence-electron chi connectivity index (χ2n) is 7.50. The first kappa shape index (κ1) is 22.8. The predicted octanol–water partition coefficient (Wildman–Crippen LogP) is 2.64. The summed E-state index contributed by atoms with van der Waals surface area (Å²) in [6.07, 6.45) is 0.584. The van der Waals surface area contributed by atoms with Gasteiger partial charge in [0.2, 0.25) is 21.8 Å². The average molecular weight is 446 g/mol. The highest BCUT2D eigenvalue weighted by Gasteiger charge is 2.31. The summed E-state index contributed by atoms with van der Waals surface area (Å²) in [4.78, 5) is 26.0. The number of rotatable bonds is 7. The number of nitrogens with one attached hydrogen (secondary N) is 1. The van der Waals surface area contributed by atoms with Crippen LogP contribution < -0.4 is 15.0 Å². The van der Waals surface area contributed by atoms with Crippen LogP contribution in [0.3, 0.4) is 0 Å².